The predicted octanol–water partition coefficient (Wildman–Crippen LogP) is 2.30. The van der Waals surface area contributed by atoms with Crippen LogP contribution in [0, 0.1) is 5.92 Å². The predicted molar refractivity (Wildman–Crippen MR) is 85.3 cm³/mol. The molecular formula is C17H27N3. The maximum Gasteiger partial charge on any atom is 0.0429 e. The fraction of sp³-hybridized carbons (Fsp3) is 0.647. The van der Waals surface area contributed by atoms with E-state index >= 15 is 0 Å². The Morgan fingerprint density at radius 2 is 1.80 bits per heavy atom. The van der Waals surface area contributed by atoms with Gasteiger partial charge < -0.3 is 10.2 Å². The number of rotatable bonds is 4. The van der Waals surface area contributed by atoms with E-state index in [1.807, 2.05) is 0 Å². The van der Waals surface area contributed by atoms with Crippen molar-refractivity contribution in [3.8, 4) is 0 Å². The van der Waals surface area contributed by atoms with E-state index in [2.05, 4.69) is 53.2 Å². The molecule has 1 saturated heterocycles. The fourth-order valence-electron chi connectivity index (χ4n) is 3.47. The Morgan fingerprint density at radius 1 is 1.10 bits per heavy atom. The Kier molecular flexibility index (Phi) is 4.27. The van der Waals surface area contributed by atoms with E-state index in [9.17, 15) is 0 Å². The second-order valence-corrected chi connectivity index (χ2v) is 6.70. The summed E-state index contributed by atoms with van der Waals surface area (Å²) in [5.41, 5.74) is 2.83. The van der Waals surface area contributed by atoms with Crippen LogP contribution in [-0.2, 0) is 6.42 Å². The lowest BCUT2D eigenvalue weighted by molar-refractivity contribution is 0.119. The van der Waals surface area contributed by atoms with Gasteiger partial charge in [0.1, 0.15) is 0 Å². The Morgan fingerprint density at radius 3 is 2.50 bits per heavy atom. The van der Waals surface area contributed by atoms with Crippen LogP contribution in [-0.4, -0.2) is 55.1 Å². The highest BCUT2D eigenvalue weighted by molar-refractivity contribution is 5.56. The normalized spacial score (nSPS) is 23.9. The lowest BCUT2D eigenvalue weighted by Gasteiger charge is -2.36. The smallest absolute Gasteiger partial charge is 0.0429 e. The first kappa shape index (κ1) is 13.9. The van der Waals surface area contributed by atoms with Gasteiger partial charge in [-0.3, -0.25) is 4.90 Å². The van der Waals surface area contributed by atoms with Gasteiger partial charge >= 0.3 is 0 Å². The van der Waals surface area contributed by atoms with Crippen LogP contribution in [0.1, 0.15) is 19.4 Å². The SMILES string of the molecule is CC(C)CN1CCN(CC2Cc3ccccc3N2)CC1. The van der Waals surface area contributed by atoms with E-state index in [1.165, 1.54) is 56.9 Å². The molecule has 2 aliphatic heterocycles. The molecule has 1 atom stereocenters. The first-order valence-electron chi connectivity index (χ1n) is 8.00. The Labute approximate surface area is 123 Å². The second-order valence-electron chi connectivity index (χ2n) is 6.70. The van der Waals surface area contributed by atoms with Gasteiger partial charge in [-0.15, -0.1) is 0 Å². The van der Waals surface area contributed by atoms with Crippen molar-refractivity contribution in [1.29, 1.82) is 0 Å². The highest BCUT2D eigenvalue weighted by atomic mass is 15.3. The summed E-state index contributed by atoms with van der Waals surface area (Å²) in [5.74, 6) is 0.785. The van der Waals surface area contributed by atoms with E-state index in [4.69, 9.17) is 0 Å². The van der Waals surface area contributed by atoms with Crippen molar-refractivity contribution < 1.29 is 0 Å². The highest BCUT2D eigenvalue weighted by Crippen LogP contribution is 2.25. The zero-order valence-corrected chi connectivity index (χ0v) is 12.8. The van der Waals surface area contributed by atoms with Gasteiger partial charge in [0.25, 0.3) is 0 Å². The summed E-state index contributed by atoms with van der Waals surface area (Å²) in [6, 6.07) is 9.33. The fourth-order valence-corrected chi connectivity index (χ4v) is 3.47. The first-order chi connectivity index (χ1) is 9.70. The van der Waals surface area contributed by atoms with Crippen LogP contribution in [0.5, 0.6) is 0 Å². The minimum absolute atomic E-state index is 0.601. The van der Waals surface area contributed by atoms with Crippen LogP contribution in [0.4, 0.5) is 5.69 Å². The molecule has 2 aliphatic rings. The van der Waals surface area contributed by atoms with E-state index in [0.717, 1.165) is 5.92 Å². The molecule has 1 aromatic carbocycles. The molecule has 3 nitrogen and oxygen atoms in total. The third-order valence-electron chi connectivity index (χ3n) is 4.41. The average molecular weight is 273 g/mol. The topological polar surface area (TPSA) is 18.5 Å². The molecule has 1 unspecified atom stereocenters. The molecule has 110 valence electrons. The van der Waals surface area contributed by atoms with Gasteiger partial charge in [0, 0.05) is 51.0 Å². The molecular weight excluding hydrogens is 246 g/mol. The van der Waals surface area contributed by atoms with Gasteiger partial charge in [0.15, 0.2) is 0 Å². The monoisotopic (exact) mass is 273 g/mol. The number of anilines is 1. The van der Waals surface area contributed by atoms with E-state index in [1.54, 1.807) is 0 Å². The minimum Gasteiger partial charge on any atom is -0.380 e. The number of nitrogens with zero attached hydrogens (tertiary/aromatic N) is 2. The summed E-state index contributed by atoms with van der Waals surface area (Å²) >= 11 is 0. The zero-order chi connectivity index (χ0) is 13.9. The van der Waals surface area contributed by atoms with E-state index in [0.29, 0.717) is 6.04 Å². The molecule has 1 aromatic rings. The Bertz CT molecular complexity index is 411. The van der Waals surface area contributed by atoms with Crippen molar-refractivity contribution in [1.82, 2.24) is 9.80 Å². The number of hydrogen-bond acceptors (Lipinski definition) is 3. The van der Waals surface area contributed by atoms with E-state index < -0.39 is 0 Å². The van der Waals surface area contributed by atoms with Crippen molar-refractivity contribution in [2.45, 2.75) is 26.3 Å². The number of piperazine rings is 1. The molecule has 2 heterocycles. The van der Waals surface area contributed by atoms with Crippen molar-refractivity contribution in [2.75, 3.05) is 44.6 Å². The Hall–Kier alpha value is -1.06. The molecule has 0 aromatic heterocycles. The number of benzene rings is 1. The lowest BCUT2D eigenvalue weighted by atomic mass is 10.1. The van der Waals surface area contributed by atoms with Crippen molar-refractivity contribution in [3.05, 3.63) is 29.8 Å². The third kappa shape index (κ3) is 3.33. The molecule has 0 saturated carbocycles. The number of fused-ring (bicyclic) bond motifs is 1. The lowest BCUT2D eigenvalue weighted by Crippen LogP contribution is -2.50. The van der Waals surface area contributed by atoms with Gasteiger partial charge in [-0.05, 0) is 24.0 Å². The summed E-state index contributed by atoms with van der Waals surface area (Å²) in [7, 11) is 0. The minimum atomic E-state index is 0.601. The van der Waals surface area contributed by atoms with Gasteiger partial charge in [0.2, 0.25) is 0 Å². The first-order valence-corrected chi connectivity index (χ1v) is 8.00. The van der Waals surface area contributed by atoms with Crippen molar-refractivity contribution >= 4 is 5.69 Å². The largest absolute Gasteiger partial charge is 0.380 e. The van der Waals surface area contributed by atoms with Crippen LogP contribution in [0.15, 0.2) is 24.3 Å². The summed E-state index contributed by atoms with van der Waals surface area (Å²) < 4.78 is 0. The van der Waals surface area contributed by atoms with Crippen LogP contribution >= 0.6 is 0 Å². The van der Waals surface area contributed by atoms with Gasteiger partial charge in [-0.2, -0.15) is 0 Å². The molecule has 20 heavy (non-hydrogen) atoms. The molecule has 3 rings (SSSR count). The van der Waals surface area contributed by atoms with Crippen molar-refractivity contribution in [3.63, 3.8) is 0 Å². The number of hydrogen-bond donors (Lipinski definition) is 1. The number of para-hydroxylation sites is 1. The van der Waals surface area contributed by atoms with Crippen LogP contribution < -0.4 is 5.32 Å². The van der Waals surface area contributed by atoms with Gasteiger partial charge in [0.05, 0.1) is 0 Å². The second kappa shape index (κ2) is 6.15. The molecule has 0 spiro atoms. The average Bonchev–Trinajstić information content (AvgIpc) is 2.82. The molecule has 0 amide bonds. The molecule has 1 N–H and O–H groups in total. The van der Waals surface area contributed by atoms with Gasteiger partial charge in [-0.25, -0.2) is 0 Å². The molecule has 0 radical (unpaired) electrons. The van der Waals surface area contributed by atoms with Crippen LogP contribution in [0.25, 0.3) is 0 Å². The standard InChI is InChI=1S/C17H27N3/c1-14(2)12-19-7-9-20(10-8-19)13-16-11-15-5-3-4-6-17(15)18-16/h3-6,14,16,18H,7-13H2,1-2H3. The quantitative estimate of drug-likeness (QED) is 0.908. The summed E-state index contributed by atoms with van der Waals surface area (Å²) in [4.78, 5) is 5.23. The summed E-state index contributed by atoms with van der Waals surface area (Å²) in [6.45, 7) is 12.0. The molecule has 0 aliphatic carbocycles. The van der Waals surface area contributed by atoms with Crippen LogP contribution in [0.3, 0.4) is 0 Å². The van der Waals surface area contributed by atoms with Crippen molar-refractivity contribution in [2.24, 2.45) is 5.92 Å². The van der Waals surface area contributed by atoms with Gasteiger partial charge in [-0.1, -0.05) is 32.0 Å². The summed E-state index contributed by atoms with van der Waals surface area (Å²) in [6.07, 6.45) is 1.18. The molecule has 1 fully saturated rings. The summed E-state index contributed by atoms with van der Waals surface area (Å²) in [5, 5.41) is 3.67. The zero-order valence-electron chi connectivity index (χ0n) is 12.8. The maximum atomic E-state index is 3.67. The maximum absolute atomic E-state index is 3.67. The number of nitrogens with one attached hydrogen (secondary N) is 1. The molecule has 0 bridgehead atoms. The molecule has 3 heteroatoms. The van der Waals surface area contributed by atoms with E-state index in [-0.39, 0.29) is 0 Å². The third-order valence-corrected chi connectivity index (χ3v) is 4.41. The van der Waals surface area contributed by atoms with Crippen LogP contribution in [0.2, 0.25) is 0 Å². The Balaban J connectivity index is 1.45. The highest BCUT2D eigenvalue weighted by Gasteiger charge is 2.24.